The minimum Gasteiger partial charge on any atom is -0.497 e. The van der Waals surface area contributed by atoms with Crippen molar-refractivity contribution in [1.29, 1.82) is 0 Å². The SMILES string of the molecule is COc1ccc(C(OC[C@@H]2CNC[C@H](N3C=NC4C(=O)NC(=NC(=O)C(C)C)N=C43)O2)(c2ccccc2)c2ccc(OC)cc2)cc1. The summed E-state index contributed by atoms with van der Waals surface area (Å²) in [6.07, 6.45) is 0.634. The monoisotopic (exact) mass is 638 g/mol. The maximum Gasteiger partial charge on any atom is 0.259 e. The molecule has 3 aromatic rings. The summed E-state index contributed by atoms with van der Waals surface area (Å²) in [4.78, 5) is 39.6. The van der Waals surface area contributed by atoms with Crippen LogP contribution >= 0.6 is 0 Å². The van der Waals surface area contributed by atoms with Crippen molar-refractivity contribution in [3.05, 3.63) is 95.6 Å². The predicted octanol–water partition coefficient (Wildman–Crippen LogP) is 3.11. The van der Waals surface area contributed by atoms with Crippen LogP contribution in [0.4, 0.5) is 0 Å². The number of amides is 2. The highest BCUT2D eigenvalue weighted by Crippen LogP contribution is 2.42. The molecule has 0 saturated carbocycles. The number of aliphatic imine (C=N–C) groups is 3. The van der Waals surface area contributed by atoms with Crippen molar-refractivity contribution < 1.29 is 28.5 Å². The number of morpholine rings is 1. The van der Waals surface area contributed by atoms with E-state index in [0.717, 1.165) is 28.2 Å². The normalized spacial score (nSPS) is 21.8. The number of guanidine groups is 1. The molecule has 6 rings (SSSR count). The van der Waals surface area contributed by atoms with Crippen LogP contribution in [-0.2, 0) is 24.7 Å². The van der Waals surface area contributed by atoms with E-state index in [1.807, 2.05) is 78.9 Å². The number of nitrogens with one attached hydrogen (secondary N) is 2. The standard InChI is InChI=1S/C35H38N6O6/c1-22(2)32(42)39-34-38-31-30(33(43)40-34)37-21-41(31)29-19-36-18-28(47-29)20-46-35(23-8-6-5-7-9-23,24-10-14-26(44-3)15-11-24)25-12-16-27(45-4)17-13-25/h5-17,21-22,28-30,36H,18-20H2,1-4H3,(H,39,40,42,43)/t28-,29+,30?/m0/s1. The molecule has 1 unspecified atom stereocenters. The Morgan fingerprint density at radius 3 is 2.17 bits per heavy atom. The van der Waals surface area contributed by atoms with Crippen LogP contribution in [0.3, 0.4) is 0 Å². The van der Waals surface area contributed by atoms with Crippen molar-refractivity contribution in [2.24, 2.45) is 20.9 Å². The first kappa shape index (κ1) is 32.0. The van der Waals surface area contributed by atoms with Gasteiger partial charge in [-0.3, -0.25) is 24.8 Å². The molecule has 3 aromatic carbocycles. The van der Waals surface area contributed by atoms with Crippen LogP contribution in [0.15, 0.2) is 93.8 Å². The molecule has 2 amide bonds. The molecule has 0 aliphatic carbocycles. The summed E-state index contributed by atoms with van der Waals surface area (Å²) in [6, 6.07) is 24.9. The second-order valence-corrected chi connectivity index (χ2v) is 11.6. The molecule has 0 spiro atoms. The van der Waals surface area contributed by atoms with E-state index >= 15 is 0 Å². The summed E-state index contributed by atoms with van der Waals surface area (Å²) in [5, 5.41) is 6.01. The summed E-state index contributed by atoms with van der Waals surface area (Å²) in [6.45, 7) is 4.67. The number of amidine groups is 1. The molecule has 3 heterocycles. The van der Waals surface area contributed by atoms with Gasteiger partial charge in [0.1, 0.15) is 23.3 Å². The van der Waals surface area contributed by atoms with E-state index in [2.05, 4.69) is 25.6 Å². The summed E-state index contributed by atoms with van der Waals surface area (Å²) >= 11 is 0. The molecule has 3 aliphatic rings. The molecule has 0 aromatic heterocycles. The van der Waals surface area contributed by atoms with Crippen molar-refractivity contribution in [2.75, 3.05) is 33.9 Å². The number of hydrogen-bond donors (Lipinski definition) is 2. The number of hydrogen-bond acceptors (Lipinski definition) is 9. The largest absolute Gasteiger partial charge is 0.497 e. The fourth-order valence-corrected chi connectivity index (χ4v) is 5.77. The van der Waals surface area contributed by atoms with Gasteiger partial charge < -0.3 is 24.3 Å². The van der Waals surface area contributed by atoms with E-state index in [4.69, 9.17) is 18.9 Å². The average Bonchev–Trinajstić information content (AvgIpc) is 3.54. The zero-order valence-electron chi connectivity index (χ0n) is 26.8. The average molecular weight is 639 g/mol. The van der Waals surface area contributed by atoms with E-state index in [0.29, 0.717) is 18.9 Å². The van der Waals surface area contributed by atoms with Gasteiger partial charge in [0.2, 0.25) is 5.96 Å². The minimum absolute atomic E-state index is 0.0503. The summed E-state index contributed by atoms with van der Waals surface area (Å²) < 4.78 is 24.5. The topological polar surface area (TPSA) is 135 Å². The van der Waals surface area contributed by atoms with Crippen molar-refractivity contribution >= 4 is 29.9 Å². The van der Waals surface area contributed by atoms with Crippen LogP contribution in [-0.4, -0.2) is 87.1 Å². The van der Waals surface area contributed by atoms with E-state index in [1.54, 1.807) is 39.3 Å². The number of carbonyl (C=O) groups excluding carboxylic acids is 2. The van der Waals surface area contributed by atoms with Gasteiger partial charge in [0.05, 0.1) is 33.3 Å². The first-order valence-electron chi connectivity index (χ1n) is 15.5. The Hall–Kier alpha value is -4.91. The van der Waals surface area contributed by atoms with E-state index in [1.165, 1.54) is 0 Å². The highest BCUT2D eigenvalue weighted by molar-refractivity contribution is 6.24. The van der Waals surface area contributed by atoms with E-state index in [9.17, 15) is 9.59 Å². The second kappa shape index (κ2) is 13.8. The predicted molar refractivity (Wildman–Crippen MR) is 177 cm³/mol. The molecule has 12 nitrogen and oxygen atoms in total. The van der Waals surface area contributed by atoms with Crippen LogP contribution in [0.1, 0.15) is 30.5 Å². The molecule has 244 valence electrons. The molecule has 1 saturated heterocycles. The van der Waals surface area contributed by atoms with Gasteiger partial charge in [-0.25, -0.2) is 0 Å². The Balaban J connectivity index is 1.29. The van der Waals surface area contributed by atoms with Crippen molar-refractivity contribution in [3.63, 3.8) is 0 Å². The van der Waals surface area contributed by atoms with Crippen LogP contribution < -0.4 is 20.1 Å². The highest BCUT2D eigenvalue weighted by Gasteiger charge is 2.43. The first-order chi connectivity index (χ1) is 22.8. The number of fused-ring (bicyclic) bond motifs is 1. The quantitative estimate of drug-likeness (QED) is 0.324. The van der Waals surface area contributed by atoms with Crippen LogP contribution in [0, 0.1) is 5.92 Å². The Morgan fingerprint density at radius 2 is 1.57 bits per heavy atom. The Kier molecular flexibility index (Phi) is 9.43. The molecule has 3 atom stereocenters. The number of benzene rings is 3. The molecule has 1 fully saturated rings. The van der Waals surface area contributed by atoms with Gasteiger partial charge in [-0.05, 0) is 41.0 Å². The zero-order valence-corrected chi connectivity index (χ0v) is 26.8. The zero-order chi connectivity index (χ0) is 33.0. The Morgan fingerprint density at radius 1 is 0.957 bits per heavy atom. The maximum absolute atomic E-state index is 12.8. The lowest BCUT2D eigenvalue weighted by Gasteiger charge is -2.40. The van der Waals surface area contributed by atoms with Crippen molar-refractivity contribution in [1.82, 2.24) is 15.5 Å². The molecular weight excluding hydrogens is 600 g/mol. The van der Waals surface area contributed by atoms with Gasteiger partial charge in [0.15, 0.2) is 11.9 Å². The molecule has 47 heavy (non-hydrogen) atoms. The van der Waals surface area contributed by atoms with Crippen LogP contribution in [0.2, 0.25) is 0 Å². The lowest BCUT2D eigenvalue weighted by molar-refractivity contribution is -0.124. The molecule has 2 N–H and O–H groups in total. The minimum atomic E-state index is -1.00. The molecule has 0 radical (unpaired) electrons. The number of ether oxygens (including phenoxy) is 4. The number of methoxy groups -OCH3 is 2. The summed E-state index contributed by atoms with van der Waals surface area (Å²) in [5.74, 6) is 0.660. The maximum atomic E-state index is 12.8. The van der Waals surface area contributed by atoms with Crippen LogP contribution in [0.25, 0.3) is 0 Å². The Bertz CT molecular complexity index is 1630. The van der Waals surface area contributed by atoms with E-state index < -0.39 is 23.8 Å². The Labute approximate surface area is 273 Å². The fourth-order valence-electron chi connectivity index (χ4n) is 5.77. The van der Waals surface area contributed by atoms with E-state index in [-0.39, 0.29) is 30.5 Å². The number of nitrogens with zero attached hydrogens (tertiary/aromatic N) is 4. The molecule has 12 heteroatoms. The van der Waals surface area contributed by atoms with Gasteiger partial charge in [-0.1, -0.05) is 68.4 Å². The highest BCUT2D eigenvalue weighted by atomic mass is 16.6. The molecule has 3 aliphatic heterocycles. The van der Waals surface area contributed by atoms with Crippen LogP contribution in [0.5, 0.6) is 11.5 Å². The summed E-state index contributed by atoms with van der Waals surface area (Å²) in [5.41, 5.74) is 1.76. The third kappa shape index (κ3) is 6.53. The number of rotatable bonds is 10. The van der Waals surface area contributed by atoms with Gasteiger partial charge in [0, 0.05) is 19.0 Å². The second-order valence-electron chi connectivity index (χ2n) is 11.6. The van der Waals surface area contributed by atoms with Crippen molar-refractivity contribution in [3.8, 4) is 11.5 Å². The van der Waals surface area contributed by atoms with Gasteiger partial charge >= 0.3 is 0 Å². The van der Waals surface area contributed by atoms with Gasteiger partial charge in [-0.2, -0.15) is 9.98 Å². The van der Waals surface area contributed by atoms with Gasteiger partial charge in [0.25, 0.3) is 11.8 Å². The van der Waals surface area contributed by atoms with Crippen molar-refractivity contribution in [2.45, 2.75) is 37.8 Å². The molecule has 0 bridgehead atoms. The molecular formula is C35H38N6O6. The number of carbonyl (C=O) groups is 2. The summed E-state index contributed by atoms with van der Waals surface area (Å²) in [7, 11) is 3.28. The van der Waals surface area contributed by atoms with Gasteiger partial charge in [-0.15, -0.1) is 0 Å². The lowest BCUT2D eigenvalue weighted by atomic mass is 9.80. The first-order valence-corrected chi connectivity index (χ1v) is 15.5. The lowest BCUT2D eigenvalue weighted by Crippen LogP contribution is -2.57. The third-order valence-electron chi connectivity index (χ3n) is 8.27. The smallest absolute Gasteiger partial charge is 0.259 e. The third-order valence-corrected chi connectivity index (χ3v) is 8.27. The fraction of sp³-hybridized carbons (Fsp3) is 0.343.